The highest BCUT2D eigenvalue weighted by atomic mass is 35.5. The number of hydrogen-bond acceptors (Lipinski definition) is 7. The van der Waals surface area contributed by atoms with Crippen LogP contribution in [-0.2, 0) is 11.3 Å². The lowest BCUT2D eigenvalue weighted by Gasteiger charge is -2.12. The Hall–Kier alpha value is -2.91. The van der Waals surface area contributed by atoms with Crippen molar-refractivity contribution in [3.8, 4) is 23.1 Å². The Morgan fingerprint density at radius 3 is 2.83 bits per heavy atom. The van der Waals surface area contributed by atoms with E-state index in [2.05, 4.69) is 22.1 Å². The number of nitrogens with zero attached hydrogens (tertiary/aromatic N) is 3. The molecule has 0 fully saturated rings. The molecule has 2 aromatic heterocycles. The van der Waals surface area contributed by atoms with Gasteiger partial charge in [-0.05, 0) is 12.1 Å². The molecule has 10 heteroatoms. The molecule has 3 heterocycles. The molecule has 0 radical (unpaired) electrons. The number of hydrogen-bond donors (Lipinski definition) is 1. The summed E-state index contributed by atoms with van der Waals surface area (Å²) < 4.78 is 18.5. The first-order valence-electron chi connectivity index (χ1n) is 9.25. The van der Waals surface area contributed by atoms with E-state index in [9.17, 15) is 4.79 Å². The molecular weight excluding hydrogens is 428 g/mol. The number of amides is 1. The number of rotatable bonds is 7. The maximum atomic E-state index is 12.5. The third kappa shape index (κ3) is 4.47. The predicted molar refractivity (Wildman–Crippen MR) is 114 cm³/mol. The summed E-state index contributed by atoms with van der Waals surface area (Å²) in [5, 5.41) is 12.1. The van der Waals surface area contributed by atoms with Gasteiger partial charge in [0.05, 0.1) is 35.9 Å². The molecule has 1 N–H and O–H groups in total. The number of thioether (sulfide) groups is 1. The molecule has 3 aromatic rings. The Morgan fingerprint density at radius 2 is 2.10 bits per heavy atom. The van der Waals surface area contributed by atoms with Gasteiger partial charge in [-0.1, -0.05) is 29.4 Å². The maximum absolute atomic E-state index is 12.5. The third-order valence-electron chi connectivity index (χ3n) is 4.21. The summed E-state index contributed by atoms with van der Waals surface area (Å²) in [6, 6.07) is 6.92. The second-order valence-electron chi connectivity index (χ2n) is 6.35. The minimum Gasteiger partial charge on any atom is -0.490 e. The van der Waals surface area contributed by atoms with E-state index >= 15 is 0 Å². The van der Waals surface area contributed by atoms with E-state index in [1.54, 1.807) is 36.6 Å². The molecule has 0 saturated heterocycles. The molecule has 0 aliphatic carbocycles. The van der Waals surface area contributed by atoms with Crippen molar-refractivity contribution in [2.24, 2.45) is 0 Å². The van der Waals surface area contributed by atoms with Crippen molar-refractivity contribution in [3.63, 3.8) is 0 Å². The van der Waals surface area contributed by atoms with E-state index < -0.39 is 0 Å². The van der Waals surface area contributed by atoms with Crippen molar-refractivity contribution in [2.75, 3.05) is 24.3 Å². The largest absolute Gasteiger partial charge is 0.490 e. The Morgan fingerprint density at radius 1 is 1.30 bits per heavy atom. The lowest BCUT2D eigenvalue weighted by molar-refractivity contribution is -0.113. The SMILES string of the molecule is C=CCn1c(SCC(=O)Nc2cc3c(cc2Cl)OCCCO3)nnc1-c1ccco1. The van der Waals surface area contributed by atoms with Crippen molar-refractivity contribution >= 4 is 35.0 Å². The molecule has 8 nitrogen and oxygen atoms in total. The first kappa shape index (κ1) is 20.4. The number of halogens is 1. The molecule has 4 rings (SSSR count). The molecule has 1 aliphatic heterocycles. The van der Waals surface area contributed by atoms with Gasteiger partial charge >= 0.3 is 0 Å². The summed E-state index contributed by atoms with van der Waals surface area (Å²) in [6.45, 7) is 5.37. The van der Waals surface area contributed by atoms with Gasteiger partial charge in [0.25, 0.3) is 0 Å². The third-order valence-corrected chi connectivity index (χ3v) is 5.49. The zero-order valence-electron chi connectivity index (χ0n) is 16.0. The number of anilines is 1. The number of carbonyl (C=O) groups excluding carboxylic acids is 1. The standard InChI is InChI=1S/C20H19ClN4O4S/c1-2-6-25-19(15-5-3-7-27-15)23-24-20(25)30-12-18(26)22-14-11-17-16(10-13(14)21)28-8-4-9-29-17/h2-3,5,7,10-11H,1,4,6,8-9,12H2,(H,22,26). The van der Waals surface area contributed by atoms with Crippen LogP contribution < -0.4 is 14.8 Å². The van der Waals surface area contributed by atoms with Gasteiger partial charge in [-0.2, -0.15) is 0 Å². The van der Waals surface area contributed by atoms with Crippen molar-refractivity contribution in [1.29, 1.82) is 0 Å². The molecule has 0 unspecified atom stereocenters. The number of fused-ring (bicyclic) bond motifs is 1. The summed E-state index contributed by atoms with van der Waals surface area (Å²) in [4.78, 5) is 12.5. The smallest absolute Gasteiger partial charge is 0.234 e. The minimum absolute atomic E-state index is 0.123. The zero-order valence-corrected chi connectivity index (χ0v) is 17.5. The monoisotopic (exact) mass is 446 g/mol. The van der Waals surface area contributed by atoms with Crippen LogP contribution in [0, 0.1) is 0 Å². The Balaban J connectivity index is 1.44. The molecule has 1 aliphatic rings. The molecule has 156 valence electrons. The quantitative estimate of drug-likeness (QED) is 0.428. The second-order valence-corrected chi connectivity index (χ2v) is 7.70. The summed E-state index contributed by atoms with van der Waals surface area (Å²) in [5.41, 5.74) is 0.468. The van der Waals surface area contributed by atoms with Crippen LogP contribution in [0.4, 0.5) is 5.69 Å². The number of furan rings is 1. The van der Waals surface area contributed by atoms with Crippen molar-refractivity contribution in [2.45, 2.75) is 18.1 Å². The van der Waals surface area contributed by atoms with E-state index in [1.165, 1.54) is 11.8 Å². The lowest BCUT2D eigenvalue weighted by atomic mass is 10.2. The Kier molecular flexibility index (Phi) is 6.29. The Labute approximate surface area is 182 Å². The number of aromatic nitrogens is 3. The van der Waals surface area contributed by atoms with Crippen LogP contribution in [0.5, 0.6) is 11.5 Å². The van der Waals surface area contributed by atoms with Crippen molar-refractivity contribution < 1.29 is 18.7 Å². The normalized spacial score (nSPS) is 13.0. The molecule has 0 spiro atoms. The van der Waals surface area contributed by atoms with Gasteiger partial charge in [0.2, 0.25) is 11.7 Å². The molecule has 30 heavy (non-hydrogen) atoms. The van der Waals surface area contributed by atoms with Crippen LogP contribution in [0.15, 0.2) is 52.8 Å². The van der Waals surface area contributed by atoms with E-state index in [-0.39, 0.29) is 11.7 Å². The van der Waals surface area contributed by atoms with Crippen LogP contribution in [0.3, 0.4) is 0 Å². The molecular formula is C20H19ClN4O4S. The Bertz CT molecular complexity index is 1050. The van der Waals surface area contributed by atoms with Gasteiger partial charge in [-0.15, -0.1) is 16.8 Å². The van der Waals surface area contributed by atoms with Gasteiger partial charge < -0.3 is 19.2 Å². The van der Waals surface area contributed by atoms with Crippen LogP contribution in [0.2, 0.25) is 5.02 Å². The van der Waals surface area contributed by atoms with Crippen LogP contribution in [0.1, 0.15) is 6.42 Å². The van der Waals surface area contributed by atoms with E-state index in [4.69, 9.17) is 25.5 Å². The van der Waals surface area contributed by atoms with Gasteiger partial charge in [-0.3, -0.25) is 9.36 Å². The summed E-state index contributed by atoms with van der Waals surface area (Å²) in [5.74, 6) is 2.21. The topological polar surface area (TPSA) is 91.4 Å². The molecule has 0 saturated carbocycles. The average Bonchev–Trinajstić information content (AvgIpc) is 3.33. The van der Waals surface area contributed by atoms with Gasteiger partial charge in [0.1, 0.15) is 0 Å². The van der Waals surface area contributed by atoms with Crippen LogP contribution in [-0.4, -0.2) is 39.6 Å². The highest BCUT2D eigenvalue weighted by Gasteiger charge is 2.18. The highest BCUT2D eigenvalue weighted by Crippen LogP contribution is 2.37. The average molecular weight is 447 g/mol. The van der Waals surface area contributed by atoms with E-state index in [1.807, 2.05) is 4.57 Å². The van der Waals surface area contributed by atoms with Gasteiger partial charge in [0.15, 0.2) is 22.4 Å². The zero-order chi connectivity index (χ0) is 20.9. The molecule has 0 bridgehead atoms. The van der Waals surface area contributed by atoms with Crippen LogP contribution in [0.25, 0.3) is 11.6 Å². The first-order chi connectivity index (χ1) is 14.7. The fraction of sp³-hybridized carbons (Fsp3) is 0.250. The first-order valence-corrected chi connectivity index (χ1v) is 10.6. The predicted octanol–water partition coefficient (Wildman–Crippen LogP) is 4.27. The van der Waals surface area contributed by atoms with Gasteiger partial charge in [-0.25, -0.2) is 0 Å². The number of benzene rings is 1. The maximum Gasteiger partial charge on any atom is 0.234 e. The highest BCUT2D eigenvalue weighted by molar-refractivity contribution is 7.99. The minimum atomic E-state index is -0.232. The van der Waals surface area contributed by atoms with Crippen molar-refractivity contribution in [1.82, 2.24) is 14.8 Å². The number of ether oxygens (including phenoxy) is 2. The van der Waals surface area contributed by atoms with Crippen molar-refractivity contribution in [3.05, 3.63) is 48.2 Å². The fourth-order valence-electron chi connectivity index (χ4n) is 2.87. The fourth-order valence-corrected chi connectivity index (χ4v) is 3.82. The van der Waals surface area contributed by atoms with E-state index in [0.717, 1.165) is 6.42 Å². The second kappa shape index (κ2) is 9.27. The number of carbonyl (C=O) groups is 1. The molecule has 1 amide bonds. The summed E-state index contributed by atoms with van der Waals surface area (Å²) in [7, 11) is 0. The number of nitrogens with one attached hydrogen (secondary N) is 1. The van der Waals surface area contributed by atoms with E-state index in [0.29, 0.717) is 58.7 Å². The number of allylic oxidation sites excluding steroid dienone is 1. The molecule has 0 atom stereocenters. The molecule has 1 aromatic carbocycles. The summed E-state index contributed by atoms with van der Waals surface area (Å²) in [6.07, 6.45) is 4.09. The summed E-state index contributed by atoms with van der Waals surface area (Å²) >= 11 is 7.56. The van der Waals surface area contributed by atoms with Crippen LogP contribution >= 0.6 is 23.4 Å². The lowest BCUT2D eigenvalue weighted by Crippen LogP contribution is -2.15. The van der Waals surface area contributed by atoms with Gasteiger partial charge in [0, 0.05) is 25.1 Å².